The summed E-state index contributed by atoms with van der Waals surface area (Å²) in [7, 11) is 0. The third-order valence-corrected chi connectivity index (χ3v) is 3.97. The van der Waals surface area contributed by atoms with E-state index in [9.17, 15) is 4.79 Å². The van der Waals surface area contributed by atoms with Crippen molar-refractivity contribution in [2.45, 2.75) is 18.2 Å². The van der Waals surface area contributed by atoms with Crippen LogP contribution in [0.4, 0.5) is 0 Å². The molecule has 0 spiro atoms. The number of benzene rings is 1. The van der Waals surface area contributed by atoms with Crippen LogP contribution in [0.2, 0.25) is 0 Å². The van der Waals surface area contributed by atoms with Crippen LogP contribution in [0, 0.1) is 5.92 Å². The van der Waals surface area contributed by atoms with E-state index < -0.39 is 0 Å². The number of carbonyl (C=O) groups excluding carboxylic acids is 1. The van der Waals surface area contributed by atoms with Gasteiger partial charge in [-0.3, -0.25) is 4.79 Å². The number of amides is 1. The second kappa shape index (κ2) is 7.10. The number of carbonyl (C=O) groups is 1. The fourth-order valence-corrected chi connectivity index (χ4v) is 2.62. The predicted octanol–water partition coefficient (Wildman–Crippen LogP) is 3.49. The van der Waals surface area contributed by atoms with E-state index in [-0.39, 0.29) is 11.8 Å². The van der Waals surface area contributed by atoms with Crippen LogP contribution < -0.4 is 5.43 Å². The van der Waals surface area contributed by atoms with Crippen molar-refractivity contribution in [3.63, 3.8) is 0 Å². The quantitative estimate of drug-likeness (QED) is 0.665. The maximum absolute atomic E-state index is 11.2. The van der Waals surface area contributed by atoms with Gasteiger partial charge in [0.25, 0.3) is 0 Å². The van der Waals surface area contributed by atoms with Crippen LogP contribution in [0.25, 0.3) is 6.08 Å². The molecule has 0 saturated heterocycles. The molecule has 3 nitrogen and oxygen atoms in total. The zero-order chi connectivity index (χ0) is 14.4. The lowest BCUT2D eigenvalue weighted by molar-refractivity contribution is -0.121. The summed E-state index contributed by atoms with van der Waals surface area (Å²) in [6.07, 6.45) is 6.40. The summed E-state index contributed by atoms with van der Waals surface area (Å²) in [6.45, 7) is 5.74. The third kappa shape index (κ3) is 4.10. The Balaban J connectivity index is 2.07. The molecule has 20 heavy (non-hydrogen) atoms. The van der Waals surface area contributed by atoms with Gasteiger partial charge in [0.05, 0.1) is 5.71 Å². The van der Waals surface area contributed by atoms with Gasteiger partial charge >= 0.3 is 0 Å². The molecule has 4 heteroatoms. The van der Waals surface area contributed by atoms with Gasteiger partial charge in [0.1, 0.15) is 0 Å². The number of nitrogens with zero attached hydrogens (tertiary/aromatic N) is 1. The van der Waals surface area contributed by atoms with Crippen molar-refractivity contribution in [2.24, 2.45) is 11.0 Å². The van der Waals surface area contributed by atoms with E-state index in [0.717, 1.165) is 17.0 Å². The van der Waals surface area contributed by atoms with Crippen molar-refractivity contribution in [2.75, 3.05) is 5.75 Å². The Hall–Kier alpha value is -1.81. The van der Waals surface area contributed by atoms with Crippen LogP contribution in [-0.2, 0) is 4.79 Å². The number of hydrogen-bond donors (Lipinski definition) is 1. The molecule has 1 N–H and O–H groups in total. The summed E-state index contributed by atoms with van der Waals surface area (Å²) in [5.41, 5.74) is 4.56. The molecule has 0 aromatic heterocycles. The molecule has 2 rings (SSSR count). The van der Waals surface area contributed by atoms with Crippen molar-refractivity contribution in [3.05, 3.63) is 48.6 Å². The van der Waals surface area contributed by atoms with Gasteiger partial charge in [-0.2, -0.15) is 5.10 Å². The zero-order valence-electron chi connectivity index (χ0n) is 11.5. The normalized spacial score (nSPS) is 18.8. The molecule has 0 saturated carbocycles. The van der Waals surface area contributed by atoms with Crippen molar-refractivity contribution >= 4 is 29.5 Å². The lowest BCUT2D eigenvalue weighted by atomic mass is 9.99. The Morgan fingerprint density at radius 3 is 3.10 bits per heavy atom. The number of rotatable bonds is 5. The minimum Gasteiger partial charge on any atom is -0.273 e. The maximum Gasteiger partial charge on any atom is 0.240 e. The summed E-state index contributed by atoms with van der Waals surface area (Å²) in [5, 5.41) is 4.09. The molecule has 1 atom stereocenters. The number of nitrogens with one attached hydrogen (secondary N) is 1. The van der Waals surface area contributed by atoms with Crippen LogP contribution in [0.1, 0.15) is 18.9 Å². The van der Waals surface area contributed by atoms with Crippen LogP contribution in [0.3, 0.4) is 0 Å². The number of hydrogen-bond acceptors (Lipinski definition) is 3. The van der Waals surface area contributed by atoms with E-state index in [1.54, 1.807) is 11.8 Å². The fourth-order valence-electron chi connectivity index (χ4n) is 1.91. The molecule has 1 amide bonds. The summed E-state index contributed by atoms with van der Waals surface area (Å²) >= 11 is 1.76. The van der Waals surface area contributed by atoms with Gasteiger partial charge in [-0.05, 0) is 23.8 Å². The average Bonchev–Trinajstić information content (AvgIpc) is 2.45. The van der Waals surface area contributed by atoms with Crippen molar-refractivity contribution in [3.8, 4) is 0 Å². The van der Waals surface area contributed by atoms with Gasteiger partial charge in [0.2, 0.25) is 5.91 Å². The first-order valence-electron chi connectivity index (χ1n) is 6.57. The van der Waals surface area contributed by atoms with Crippen LogP contribution >= 0.6 is 11.8 Å². The minimum atomic E-state index is -0.0162. The minimum absolute atomic E-state index is 0.0162. The summed E-state index contributed by atoms with van der Waals surface area (Å²) in [5.74, 6) is 1.05. The highest BCUT2D eigenvalue weighted by Gasteiger charge is 2.17. The van der Waals surface area contributed by atoms with E-state index in [1.165, 1.54) is 4.90 Å². The predicted molar refractivity (Wildman–Crippen MR) is 85.8 cm³/mol. The standard InChI is InChI=1S/C16H18N2OS/c1-3-9-20-14-6-4-5-13(11-14)7-8-15-12(2)10-16(19)18-17-15/h3-8,11-12H,1,9-10H2,2H3,(H,18,19). The monoisotopic (exact) mass is 286 g/mol. The summed E-state index contributed by atoms with van der Waals surface area (Å²) in [6, 6.07) is 8.32. The van der Waals surface area contributed by atoms with Gasteiger partial charge in [-0.25, -0.2) is 5.43 Å². The Labute approximate surface area is 123 Å². The lowest BCUT2D eigenvalue weighted by Gasteiger charge is -2.16. The van der Waals surface area contributed by atoms with Crippen LogP contribution in [0.5, 0.6) is 0 Å². The highest BCUT2D eigenvalue weighted by molar-refractivity contribution is 7.99. The Bertz CT molecular complexity index is 563. The van der Waals surface area contributed by atoms with Gasteiger partial charge < -0.3 is 0 Å². The molecule has 0 radical (unpaired) electrons. The largest absolute Gasteiger partial charge is 0.273 e. The van der Waals surface area contributed by atoms with Crippen molar-refractivity contribution in [1.29, 1.82) is 0 Å². The smallest absolute Gasteiger partial charge is 0.240 e. The Morgan fingerprint density at radius 1 is 1.50 bits per heavy atom. The first-order valence-corrected chi connectivity index (χ1v) is 7.56. The molecule has 0 aliphatic carbocycles. The van der Waals surface area contributed by atoms with E-state index in [2.05, 4.69) is 35.3 Å². The third-order valence-electron chi connectivity index (χ3n) is 2.98. The number of hydrazone groups is 1. The molecule has 1 aliphatic rings. The lowest BCUT2D eigenvalue weighted by Crippen LogP contribution is -2.30. The first-order chi connectivity index (χ1) is 9.69. The van der Waals surface area contributed by atoms with Gasteiger partial charge in [-0.15, -0.1) is 18.3 Å². The molecule has 1 aromatic rings. The molecular formula is C16H18N2OS. The summed E-state index contributed by atoms with van der Waals surface area (Å²) in [4.78, 5) is 12.4. The van der Waals surface area contributed by atoms with E-state index in [4.69, 9.17) is 0 Å². The average molecular weight is 286 g/mol. The molecule has 1 heterocycles. The van der Waals surface area contributed by atoms with E-state index in [0.29, 0.717) is 6.42 Å². The van der Waals surface area contributed by atoms with Gasteiger partial charge in [0.15, 0.2) is 0 Å². The van der Waals surface area contributed by atoms with Crippen molar-refractivity contribution < 1.29 is 4.79 Å². The first kappa shape index (κ1) is 14.6. The van der Waals surface area contributed by atoms with Crippen LogP contribution in [0.15, 0.2) is 53.0 Å². The topological polar surface area (TPSA) is 41.5 Å². The molecular weight excluding hydrogens is 268 g/mol. The second-order valence-corrected chi connectivity index (χ2v) is 5.78. The zero-order valence-corrected chi connectivity index (χ0v) is 12.3. The van der Waals surface area contributed by atoms with E-state index >= 15 is 0 Å². The highest BCUT2D eigenvalue weighted by atomic mass is 32.2. The number of thioether (sulfide) groups is 1. The molecule has 104 valence electrons. The maximum atomic E-state index is 11.2. The second-order valence-electron chi connectivity index (χ2n) is 4.68. The van der Waals surface area contributed by atoms with Gasteiger partial charge in [-0.1, -0.05) is 31.2 Å². The van der Waals surface area contributed by atoms with Crippen LogP contribution in [-0.4, -0.2) is 17.4 Å². The summed E-state index contributed by atoms with van der Waals surface area (Å²) < 4.78 is 0. The molecule has 1 aliphatic heterocycles. The molecule has 0 fully saturated rings. The molecule has 1 aromatic carbocycles. The van der Waals surface area contributed by atoms with Crippen molar-refractivity contribution in [1.82, 2.24) is 5.43 Å². The fraction of sp³-hybridized carbons (Fsp3) is 0.250. The van der Waals surface area contributed by atoms with Gasteiger partial charge in [0, 0.05) is 23.0 Å². The Kier molecular flexibility index (Phi) is 5.18. The SMILES string of the molecule is C=CCSc1cccc(C=CC2=NNC(=O)CC2C)c1. The molecule has 0 bridgehead atoms. The highest BCUT2D eigenvalue weighted by Crippen LogP contribution is 2.20. The molecule has 1 unspecified atom stereocenters. The number of allylic oxidation sites excluding steroid dienone is 1. The Morgan fingerprint density at radius 2 is 2.35 bits per heavy atom. The van der Waals surface area contributed by atoms with E-state index in [1.807, 2.05) is 31.2 Å².